The van der Waals surface area contributed by atoms with Gasteiger partial charge in [0.1, 0.15) is 5.69 Å². The molecule has 6 nitrogen and oxygen atoms in total. The van der Waals surface area contributed by atoms with Crippen LogP contribution in [-0.2, 0) is 13.1 Å². The molecular weight excluding hydrogens is 326 g/mol. The summed E-state index contributed by atoms with van der Waals surface area (Å²) < 4.78 is 1.94. The second kappa shape index (κ2) is 7.58. The highest BCUT2D eigenvalue weighted by Gasteiger charge is 2.28. The van der Waals surface area contributed by atoms with Crippen molar-refractivity contribution in [2.75, 3.05) is 26.2 Å². The van der Waals surface area contributed by atoms with E-state index in [0.29, 0.717) is 5.92 Å². The van der Waals surface area contributed by atoms with Crippen LogP contribution in [0.15, 0.2) is 30.6 Å². The molecule has 1 fully saturated rings. The van der Waals surface area contributed by atoms with Gasteiger partial charge in [-0.3, -0.25) is 19.4 Å². The topological polar surface area (TPSA) is 54.3 Å². The largest absolute Gasteiger partial charge is 0.338 e. The Balaban J connectivity index is 1.49. The van der Waals surface area contributed by atoms with E-state index in [1.165, 1.54) is 12.0 Å². The summed E-state index contributed by atoms with van der Waals surface area (Å²) >= 11 is 0. The number of piperidine rings is 1. The predicted octanol–water partition coefficient (Wildman–Crippen LogP) is 2.52. The first-order valence-corrected chi connectivity index (χ1v) is 9.73. The summed E-state index contributed by atoms with van der Waals surface area (Å²) in [6, 6.07) is 6.22. The molecule has 0 bridgehead atoms. The van der Waals surface area contributed by atoms with E-state index in [1.54, 1.807) is 0 Å². The van der Waals surface area contributed by atoms with Gasteiger partial charge in [0.25, 0.3) is 5.91 Å². The van der Waals surface area contributed by atoms with E-state index >= 15 is 0 Å². The number of carbonyl (C=O) groups is 1. The minimum atomic E-state index is 0.133. The zero-order chi connectivity index (χ0) is 17.9. The van der Waals surface area contributed by atoms with Gasteiger partial charge in [-0.2, -0.15) is 5.10 Å². The summed E-state index contributed by atoms with van der Waals surface area (Å²) in [5.74, 6) is 0.543. The van der Waals surface area contributed by atoms with Crippen molar-refractivity contribution in [3.05, 3.63) is 47.5 Å². The molecule has 1 amide bonds. The molecule has 2 aliphatic rings. The van der Waals surface area contributed by atoms with E-state index in [4.69, 9.17) is 5.10 Å². The van der Waals surface area contributed by atoms with E-state index in [1.807, 2.05) is 28.9 Å². The average molecular weight is 353 g/mol. The molecule has 1 unspecified atom stereocenters. The molecule has 4 heterocycles. The molecule has 0 aliphatic carbocycles. The standard InChI is InChI=1S/C20H27N5O/c1-2-24-11-4-12-25-19(20(24)26)13-18(22-25)17-5-3-10-23(15-17)14-16-6-8-21-9-7-16/h6-9,13,17H,2-5,10-12,14-15H2,1H3. The van der Waals surface area contributed by atoms with Crippen molar-refractivity contribution < 1.29 is 4.79 Å². The van der Waals surface area contributed by atoms with Crippen molar-refractivity contribution in [1.29, 1.82) is 0 Å². The normalized spacial score (nSPS) is 21.5. The molecular formula is C20H27N5O. The summed E-state index contributed by atoms with van der Waals surface area (Å²) in [6.07, 6.45) is 7.01. The van der Waals surface area contributed by atoms with Gasteiger partial charge >= 0.3 is 0 Å². The molecule has 2 aliphatic heterocycles. The van der Waals surface area contributed by atoms with Crippen molar-refractivity contribution in [1.82, 2.24) is 24.6 Å². The van der Waals surface area contributed by atoms with Gasteiger partial charge in [0, 0.05) is 51.0 Å². The van der Waals surface area contributed by atoms with Crippen LogP contribution in [0.2, 0.25) is 0 Å². The first-order valence-electron chi connectivity index (χ1n) is 9.73. The second-order valence-corrected chi connectivity index (χ2v) is 7.35. The van der Waals surface area contributed by atoms with Crippen LogP contribution in [0.5, 0.6) is 0 Å². The number of carbonyl (C=O) groups excluding carboxylic acids is 1. The highest BCUT2D eigenvalue weighted by molar-refractivity contribution is 5.93. The van der Waals surface area contributed by atoms with Gasteiger partial charge < -0.3 is 4.90 Å². The molecule has 0 aromatic carbocycles. The number of amides is 1. The minimum Gasteiger partial charge on any atom is -0.338 e. The lowest BCUT2D eigenvalue weighted by molar-refractivity contribution is 0.0766. The summed E-state index contributed by atoms with van der Waals surface area (Å²) in [4.78, 5) is 21.2. The van der Waals surface area contributed by atoms with Crippen LogP contribution < -0.4 is 0 Å². The van der Waals surface area contributed by atoms with E-state index in [-0.39, 0.29) is 5.91 Å². The van der Waals surface area contributed by atoms with Crippen molar-refractivity contribution >= 4 is 5.91 Å². The zero-order valence-electron chi connectivity index (χ0n) is 15.5. The third-order valence-electron chi connectivity index (χ3n) is 5.56. The Labute approximate surface area is 154 Å². The number of hydrogen-bond acceptors (Lipinski definition) is 4. The van der Waals surface area contributed by atoms with Crippen LogP contribution >= 0.6 is 0 Å². The van der Waals surface area contributed by atoms with E-state index < -0.39 is 0 Å². The third kappa shape index (κ3) is 3.51. The maximum atomic E-state index is 12.7. The lowest BCUT2D eigenvalue weighted by atomic mass is 9.94. The van der Waals surface area contributed by atoms with Crippen LogP contribution in [-0.4, -0.2) is 56.7 Å². The van der Waals surface area contributed by atoms with Gasteiger partial charge in [0.05, 0.1) is 5.69 Å². The third-order valence-corrected chi connectivity index (χ3v) is 5.56. The SMILES string of the molecule is CCN1CCCn2nc(C3CCCN(Cc4ccncc4)C3)cc2C1=O. The Hall–Kier alpha value is -2.21. The number of fused-ring (bicyclic) bond motifs is 1. The first kappa shape index (κ1) is 17.2. The maximum Gasteiger partial charge on any atom is 0.272 e. The Morgan fingerprint density at radius 1 is 1.15 bits per heavy atom. The van der Waals surface area contributed by atoms with Gasteiger partial charge in [-0.25, -0.2) is 0 Å². The molecule has 0 N–H and O–H groups in total. The molecule has 138 valence electrons. The fourth-order valence-electron chi connectivity index (χ4n) is 4.14. The van der Waals surface area contributed by atoms with Crippen molar-refractivity contribution in [2.24, 2.45) is 0 Å². The molecule has 4 rings (SSSR count). The molecule has 1 atom stereocenters. The predicted molar refractivity (Wildman–Crippen MR) is 99.9 cm³/mol. The Morgan fingerprint density at radius 3 is 2.81 bits per heavy atom. The van der Waals surface area contributed by atoms with Gasteiger partial charge in [0.2, 0.25) is 0 Å². The van der Waals surface area contributed by atoms with Crippen molar-refractivity contribution in [3.63, 3.8) is 0 Å². The van der Waals surface area contributed by atoms with Crippen LogP contribution in [0.3, 0.4) is 0 Å². The number of pyridine rings is 1. The summed E-state index contributed by atoms with van der Waals surface area (Å²) in [6.45, 7) is 7.56. The number of likely N-dealkylation sites (tertiary alicyclic amines) is 1. The zero-order valence-corrected chi connectivity index (χ0v) is 15.5. The minimum absolute atomic E-state index is 0.133. The molecule has 2 aromatic heterocycles. The molecule has 0 saturated carbocycles. The Morgan fingerprint density at radius 2 is 2.00 bits per heavy atom. The summed E-state index contributed by atoms with van der Waals surface area (Å²) in [7, 11) is 0. The smallest absolute Gasteiger partial charge is 0.272 e. The van der Waals surface area contributed by atoms with Crippen LogP contribution in [0.1, 0.15) is 53.8 Å². The lowest BCUT2D eigenvalue weighted by Crippen LogP contribution is -2.34. The fraction of sp³-hybridized carbons (Fsp3) is 0.550. The molecule has 0 radical (unpaired) electrons. The van der Waals surface area contributed by atoms with E-state index in [2.05, 4.69) is 28.1 Å². The van der Waals surface area contributed by atoms with Crippen LogP contribution in [0.25, 0.3) is 0 Å². The second-order valence-electron chi connectivity index (χ2n) is 7.35. The van der Waals surface area contributed by atoms with Gasteiger partial charge in [-0.05, 0) is 56.5 Å². The lowest BCUT2D eigenvalue weighted by Gasteiger charge is -2.32. The number of aryl methyl sites for hydroxylation is 1. The van der Waals surface area contributed by atoms with Crippen LogP contribution in [0, 0.1) is 0 Å². The molecule has 0 spiro atoms. The highest BCUT2D eigenvalue weighted by atomic mass is 16.2. The Kier molecular flexibility index (Phi) is 5.02. The number of hydrogen-bond donors (Lipinski definition) is 0. The molecule has 6 heteroatoms. The van der Waals surface area contributed by atoms with Gasteiger partial charge in [0.15, 0.2) is 0 Å². The molecule has 1 saturated heterocycles. The summed E-state index contributed by atoms with van der Waals surface area (Å²) in [5, 5.41) is 4.83. The quantitative estimate of drug-likeness (QED) is 0.848. The highest BCUT2D eigenvalue weighted by Crippen LogP contribution is 2.28. The number of aromatic nitrogens is 3. The number of nitrogens with zero attached hydrogens (tertiary/aromatic N) is 5. The average Bonchev–Trinajstić information content (AvgIpc) is 3.04. The maximum absolute atomic E-state index is 12.7. The van der Waals surface area contributed by atoms with E-state index in [0.717, 1.165) is 63.5 Å². The monoisotopic (exact) mass is 353 g/mol. The molecule has 2 aromatic rings. The van der Waals surface area contributed by atoms with Crippen molar-refractivity contribution in [2.45, 2.75) is 45.2 Å². The van der Waals surface area contributed by atoms with E-state index in [9.17, 15) is 4.79 Å². The Bertz CT molecular complexity index is 757. The van der Waals surface area contributed by atoms with Crippen LogP contribution in [0.4, 0.5) is 0 Å². The molecule has 26 heavy (non-hydrogen) atoms. The van der Waals surface area contributed by atoms with Gasteiger partial charge in [-0.1, -0.05) is 0 Å². The number of rotatable bonds is 4. The summed E-state index contributed by atoms with van der Waals surface area (Å²) in [5.41, 5.74) is 3.16. The first-order chi connectivity index (χ1) is 12.7. The fourth-order valence-corrected chi connectivity index (χ4v) is 4.14. The van der Waals surface area contributed by atoms with Crippen molar-refractivity contribution in [3.8, 4) is 0 Å². The van der Waals surface area contributed by atoms with Gasteiger partial charge in [-0.15, -0.1) is 0 Å².